The van der Waals surface area contributed by atoms with Gasteiger partial charge in [-0.1, -0.05) is 24.3 Å². The Hall–Kier alpha value is -2.11. The molecule has 1 N–H and O–H groups in total. The molecule has 130 valence electrons. The quantitative estimate of drug-likeness (QED) is 0.780. The van der Waals surface area contributed by atoms with Crippen molar-refractivity contribution in [2.75, 3.05) is 20.1 Å². The van der Waals surface area contributed by atoms with E-state index in [9.17, 15) is 8.42 Å². The highest BCUT2D eigenvalue weighted by Gasteiger charge is 2.25. The van der Waals surface area contributed by atoms with E-state index in [0.29, 0.717) is 15.7 Å². The van der Waals surface area contributed by atoms with Gasteiger partial charge in [0.15, 0.2) is 0 Å². The number of hydrogen-bond acceptors (Lipinski definition) is 3. The van der Waals surface area contributed by atoms with Gasteiger partial charge in [0, 0.05) is 23.6 Å². The lowest BCUT2D eigenvalue weighted by Crippen LogP contribution is -2.13. The van der Waals surface area contributed by atoms with Crippen molar-refractivity contribution in [3.63, 3.8) is 0 Å². The number of H-pyrrole nitrogens is 1. The van der Waals surface area contributed by atoms with E-state index in [2.05, 4.69) is 16.9 Å². The number of nitrogens with one attached hydrogen (secondary N) is 1. The molecule has 0 radical (unpaired) electrons. The van der Waals surface area contributed by atoms with Crippen molar-refractivity contribution in [1.82, 2.24) is 9.88 Å². The highest BCUT2D eigenvalue weighted by molar-refractivity contribution is 7.91. The van der Waals surface area contributed by atoms with Gasteiger partial charge in [-0.25, -0.2) is 8.42 Å². The van der Waals surface area contributed by atoms with Crippen molar-refractivity contribution >= 4 is 20.7 Å². The lowest BCUT2D eigenvalue weighted by Gasteiger charge is -2.15. The number of fused-ring (bicyclic) bond motifs is 1. The fraction of sp³-hybridized carbons (Fsp3) is 0.300. The molecule has 1 aliphatic heterocycles. The molecule has 0 amide bonds. The molecule has 1 fully saturated rings. The summed E-state index contributed by atoms with van der Waals surface area (Å²) in [5.74, 6) is 0.495. The second kappa shape index (κ2) is 6.00. The normalized spacial score (nSPS) is 18.9. The second-order valence-electron chi connectivity index (χ2n) is 6.97. The summed E-state index contributed by atoms with van der Waals surface area (Å²) in [6.45, 7) is 4.15. The molecular weight excluding hydrogens is 332 g/mol. The molecule has 0 aliphatic carbocycles. The summed E-state index contributed by atoms with van der Waals surface area (Å²) in [5, 5.41) is 0.738. The topological polar surface area (TPSA) is 53.2 Å². The monoisotopic (exact) mass is 354 g/mol. The maximum atomic E-state index is 13.1. The van der Waals surface area contributed by atoms with Crippen LogP contribution in [0.15, 0.2) is 58.5 Å². The predicted octanol–water partition coefficient (Wildman–Crippen LogP) is 3.73. The van der Waals surface area contributed by atoms with Crippen molar-refractivity contribution in [3.05, 3.63) is 59.8 Å². The Morgan fingerprint density at radius 1 is 1.16 bits per heavy atom. The molecule has 2 heterocycles. The van der Waals surface area contributed by atoms with Gasteiger partial charge in [-0.15, -0.1) is 0 Å². The zero-order valence-electron chi connectivity index (χ0n) is 14.5. The molecule has 1 aromatic heterocycles. The molecule has 4 rings (SSSR count). The van der Waals surface area contributed by atoms with Gasteiger partial charge in [-0.3, -0.25) is 0 Å². The standard InChI is InChI=1S/C20H22N2O2S/c1-14-11-16(7-8-17(14)15-9-10-22(2)13-15)25(23,24)20-12-21-19-6-4-3-5-18(19)20/h3-8,11-12,15,21H,9-10,13H2,1-2H3. The number of aromatic amines is 1. The molecule has 0 bridgehead atoms. The zero-order valence-corrected chi connectivity index (χ0v) is 15.3. The molecule has 1 saturated heterocycles. The number of para-hydroxylation sites is 1. The number of likely N-dealkylation sites (tertiary alicyclic amines) is 1. The van der Waals surface area contributed by atoms with E-state index >= 15 is 0 Å². The molecule has 25 heavy (non-hydrogen) atoms. The van der Waals surface area contributed by atoms with E-state index in [1.54, 1.807) is 12.3 Å². The number of benzene rings is 2. The van der Waals surface area contributed by atoms with E-state index in [0.717, 1.165) is 36.0 Å². The second-order valence-corrected chi connectivity index (χ2v) is 8.89. The number of sulfone groups is 1. The number of nitrogens with zero attached hydrogens (tertiary/aromatic N) is 1. The number of hydrogen-bond donors (Lipinski definition) is 1. The van der Waals surface area contributed by atoms with Crippen LogP contribution in [0.25, 0.3) is 10.9 Å². The Labute approximate surface area is 148 Å². The van der Waals surface area contributed by atoms with Crippen LogP contribution in [-0.4, -0.2) is 38.4 Å². The highest BCUT2D eigenvalue weighted by Crippen LogP contribution is 2.33. The van der Waals surface area contributed by atoms with Gasteiger partial charge in [-0.2, -0.15) is 0 Å². The van der Waals surface area contributed by atoms with Crippen LogP contribution in [0.2, 0.25) is 0 Å². The van der Waals surface area contributed by atoms with Gasteiger partial charge in [-0.05, 0) is 62.2 Å². The molecule has 1 aliphatic rings. The Balaban J connectivity index is 1.75. The molecule has 4 nitrogen and oxygen atoms in total. The van der Waals surface area contributed by atoms with Crippen LogP contribution in [0.4, 0.5) is 0 Å². The van der Waals surface area contributed by atoms with Crippen molar-refractivity contribution in [3.8, 4) is 0 Å². The summed E-state index contributed by atoms with van der Waals surface area (Å²) in [7, 11) is -1.41. The summed E-state index contributed by atoms with van der Waals surface area (Å²) in [6.07, 6.45) is 2.72. The predicted molar refractivity (Wildman–Crippen MR) is 99.8 cm³/mol. The van der Waals surface area contributed by atoms with Crippen LogP contribution in [0.1, 0.15) is 23.5 Å². The first-order valence-corrected chi connectivity index (χ1v) is 10.1. The highest BCUT2D eigenvalue weighted by atomic mass is 32.2. The summed E-state index contributed by atoms with van der Waals surface area (Å²) in [5.41, 5.74) is 3.16. The Morgan fingerprint density at radius 3 is 2.68 bits per heavy atom. The summed E-state index contributed by atoms with van der Waals surface area (Å²) in [6, 6.07) is 13.1. The van der Waals surface area contributed by atoms with E-state index in [1.165, 1.54) is 5.56 Å². The van der Waals surface area contributed by atoms with Crippen LogP contribution in [0.3, 0.4) is 0 Å². The largest absolute Gasteiger partial charge is 0.360 e. The Morgan fingerprint density at radius 2 is 1.96 bits per heavy atom. The van der Waals surface area contributed by atoms with E-state index < -0.39 is 9.84 Å². The number of rotatable bonds is 3. The summed E-state index contributed by atoms with van der Waals surface area (Å²) in [4.78, 5) is 6.08. The lowest BCUT2D eigenvalue weighted by atomic mass is 9.94. The van der Waals surface area contributed by atoms with Gasteiger partial charge in [0.2, 0.25) is 9.84 Å². The average molecular weight is 354 g/mol. The first-order valence-electron chi connectivity index (χ1n) is 8.57. The van der Waals surface area contributed by atoms with E-state index in [-0.39, 0.29) is 0 Å². The van der Waals surface area contributed by atoms with Crippen molar-refractivity contribution in [1.29, 1.82) is 0 Å². The molecule has 0 saturated carbocycles. The van der Waals surface area contributed by atoms with Gasteiger partial charge >= 0.3 is 0 Å². The molecular formula is C20H22N2O2S. The third-order valence-corrected chi connectivity index (χ3v) is 7.01. The van der Waals surface area contributed by atoms with Crippen LogP contribution in [0, 0.1) is 6.92 Å². The molecule has 0 spiro atoms. The fourth-order valence-electron chi connectivity index (χ4n) is 3.86. The first-order chi connectivity index (χ1) is 12.0. The van der Waals surface area contributed by atoms with Crippen molar-refractivity contribution in [2.24, 2.45) is 0 Å². The maximum Gasteiger partial charge on any atom is 0.208 e. The molecule has 5 heteroatoms. The van der Waals surface area contributed by atoms with Gasteiger partial charge in [0.1, 0.15) is 0 Å². The first kappa shape index (κ1) is 16.4. The molecule has 3 aromatic rings. The summed E-state index contributed by atoms with van der Waals surface area (Å²) < 4.78 is 26.2. The Bertz CT molecular complexity index is 1040. The number of aryl methyl sites for hydroxylation is 1. The van der Waals surface area contributed by atoms with Crippen LogP contribution < -0.4 is 0 Å². The van der Waals surface area contributed by atoms with Gasteiger partial charge in [0.05, 0.1) is 9.79 Å². The van der Waals surface area contributed by atoms with Crippen molar-refractivity contribution < 1.29 is 8.42 Å². The van der Waals surface area contributed by atoms with Gasteiger partial charge in [0.25, 0.3) is 0 Å². The fourth-order valence-corrected chi connectivity index (χ4v) is 5.37. The minimum atomic E-state index is -3.54. The van der Waals surface area contributed by atoms with E-state index in [4.69, 9.17) is 0 Å². The SMILES string of the molecule is Cc1cc(S(=O)(=O)c2c[nH]c3ccccc23)ccc1C1CCN(C)C1. The average Bonchev–Trinajstić information content (AvgIpc) is 3.21. The van der Waals surface area contributed by atoms with Crippen LogP contribution in [-0.2, 0) is 9.84 Å². The summed E-state index contributed by atoms with van der Waals surface area (Å²) >= 11 is 0. The van der Waals surface area contributed by atoms with Crippen LogP contribution >= 0.6 is 0 Å². The Kier molecular flexibility index (Phi) is 3.93. The minimum Gasteiger partial charge on any atom is -0.360 e. The third-order valence-electron chi connectivity index (χ3n) is 5.22. The van der Waals surface area contributed by atoms with Gasteiger partial charge < -0.3 is 9.88 Å². The maximum absolute atomic E-state index is 13.1. The third kappa shape index (κ3) is 2.77. The molecule has 1 unspecified atom stereocenters. The zero-order chi connectivity index (χ0) is 17.6. The molecule has 1 atom stereocenters. The smallest absolute Gasteiger partial charge is 0.208 e. The van der Waals surface area contributed by atoms with E-state index in [1.807, 2.05) is 43.3 Å². The van der Waals surface area contributed by atoms with Crippen LogP contribution in [0.5, 0.6) is 0 Å². The number of likely N-dealkylation sites (N-methyl/N-ethyl adjacent to an activating group) is 1. The molecule has 2 aromatic carbocycles. The lowest BCUT2D eigenvalue weighted by molar-refractivity contribution is 0.411. The number of aromatic nitrogens is 1. The van der Waals surface area contributed by atoms with Crippen molar-refractivity contribution in [2.45, 2.75) is 29.1 Å². The minimum absolute atomic E-state index is 0.343.